The highest BCUT2D eigenvalue weighted by Crippen LogP contribution is 2.42. The van der Waals surface area contributed by atoms with Crippen LogP contribution in [0.25, 0.3) is 82.8 Å². The number of benzene rings is 9. The third-order valence-electron chi connectivity index (χ3n) is 11.2. The predicted molar refractivity (Wildman–Crippen MR) is 239 cm³/mol. The van der Waals surface area contributed by atoms with E-state index >= 15 is 0 Å². The number of para-hydroxylation sites is 5. The van der Waals surface area contributed by atoms with Crippen LogP contribution in [0, 0.1) is 0 Å². The smallest absolute Gasteiger partial charge is 0.143 e. The molecule has 57 heavy (non-hydrogen) atoms. The fourth-order valence-electron chi connectivity index (χ4n) is 8.57. The van der Waals surface area contributed by atoms with E-state index in [1.165, 1.54) is 32.9 Å². The topological polar surface area (TPSA) is 21.3 Å². The molecule has 0 N–H and O–H groups in total. The molecule has 268 valence electrons. The van der Waals surface area contributed by atoms with Gasteiger partial charge in [-0.3, -0.25) is 0 Å². The molecule has 9 aromatic carbocycles. The number of anilines is 3. The number of hydrogen-bond acceptors (Lipinski definition) is 2. The largest absolute Gasteiger partial charge is 0.455 e. The van der Waals surface area contributed by atoms with Gasteiger partial charge in [0.05, 0.1) is 16.7 Å². The molecule has 0 saturated heterocycles. The zero-order chi connectivity index (χ0) is 37.7. The zero-order valence-electron chi connectivity index (χ0n) is 31.1. The van der Waals surface area contributed by atoms with Crippen molar-refractivity contribution in [2.24, 2.45) is 0 Å². The lowest BCUT2D eigenvalue weighted by atomic mass is 10.00. The van der Waals surface area contributed by atoms with Gasteiger partial charge in [-0.15, -0.1) is 0 Å². The van der Waals surface area contributed by atoms with E-state index in [0.29, 0.717) is 0 Å². The second-order valence-electron chi connectivity index (χ2n) is 14.5. The normalized spacial score (nSPS) is 11.5. The average molecular weight is 729 g/mol. The summed E-state index contributed by atoms with van der Waals surface area (Å²) in [5.41, 5.74) is 15.4. The number of hydrogen-bond donors (Lipinski definition) is 0. The Kier molecular flexibility index (Phi) is 7.82. The minimum Gasteiger partial charge on any atom is -0.455 e. The molecule has 0 aliphatic heterocycles. The number of fused-ring (bicyclic) bond motifs is 6. The molecule has 3 heteroatoms. The average Bonchev–Trinajstić information content (AvgIpc) is 3.83. The van der Waals surface area contributed by atoms with E-state index in [1.54, 1.807) is 0 Å². The molecule has 0 fully saturated rings. The first kappa shape index (κ1) is 32.8. The minimum atomic E-state index is 0.898. The van der Waals surface area contributed by atoms with Gasteiger partial charge in [0.1, 0.15) is 11.2 Å². The van der Waals surface area contributed by atoms with Gasteiger partial charge in [-0.2, -0.15) is 0 Å². The van der Waals surface area contributed by atoms with Crippen molar-refractivity contribution in [3.8, 4) is 39.1 Å². The Morgan fingerprint density at radius 1 is 0.333 bits per heavy atom. The predicted octanol–water partition coefficient (Wildman–Crippen LogP) is 15.2. The monoisotopic (exact) mass is 728 g/mol. The van der Waals surface area contributed by atoms with Gasteiger partial charge < -0.3 is 13.9 Å². The maximum absolute atomic E-state index is 6.50. The van der Waals surface area contributed by atoms with Gasteiger partial charge in [0.15, 0.2) is 0 Å². The van der Waals surface area contributed by atoms with Crippen molar-refractivity contribution in [2.75, 3.05) is 4.90 Å². The first-order valence-electron chi connectivity index (χ1n) is 19.4. The minimum absolute atomic E-state index is 0.898. The standard InChI is InChI=1S/C54H36N2O/c1-2-15-37(16-3-1)39-17-12-19-42(35-39)55(43-20-13-18-40(36-43)45-25-14-26-49-48-24-7-11-30-53(48)57-54(45)49)41-33-31-38(32-34-41)44-21-4-8-27-50(44)56-51-28-9-5-22-46(51)47-23-6-10-29-52(47)56/h1-36H. The molecule has 11 aromatic rings. The second kappa shape index (κ2) is 13.6. The van der Waals surface area contributed by atoms with Crippen LogP contribution in [-0.2, 0) is 0 Å². The van der Waals surface area contributed by atoms with Crippen molar-refractivity contribution in [3.05, 3.63) is 218 Å². The summed E-state index contributed by atoms with van der Waals surface area (Å²) in [5.74, 6) is 0. The third-order valence-corrected chi connectivity index (χ3v) is 11.2. The van der Waals surface area contributed by atoms with E-state index < -0.39 is 0 Å². The van der Waals surface area contributed by atoms with Gasteiger partial charge in [0.2, 0.25) is 0 Å². The summed E-state index contributed by atoms with van der Waals surface area (Å²) in [6.07, 6.45) is 0. The van der Waals surface area contributed by atoms with E-state index in [4.69, 9.17) is 4.42 Å². The summed E-state index contributed by atoms with van der Waals surface area (Å²) in [6, 6.07) is 78.1. The van der Waals surface area contributed by atoms with Crippen molar-refractivity contribution in [1.29, 1.82) is 0 Å². The Balaban J connectivity index is 1.05. The van der Waals surface area contributed by atoms with Crippen LogP contribution < -0.4 is 4.90 Å². The Labute approximate surface area is 330 Å². The van der Waals surface area contributed by atoms with Gasteiger partial charge in [-0.05, 0) is 82.9 Å². The highest BCUT2D eigenvalue weighted by Gasteiger charge is 2.19. The molecular weight excluding hydrogens is 693 g/mol. The molecule has 0 saturated carbocycles. The Morgan fingerprint density at radius 3 is 1.63 bits per heavy atom. The number of rotatable bonds is 7. The molecule has 0 radical (unpaired) electrons. The number of aromatic nitrogens is 1. The summed E-state index contributed by atoms with van der Waals surface area (Å²) in [5, 5.41) is 4.76. The van der Waals surface area contributed by atoms with Crippen LogP contribution in [-0.4, -0.2) is 4.57 Å². The van der Waals surface area contributed by atoms with Crippen LogP contribution in [0.15, 0.2) is 223 Å². The molecule has 11 rings (SSSR count). The van der Waals surface area contributed by atoms with Crippen LogP contribution >= 0.6 is 0 Å². The molecule has 3 nitrogen and oxygen atoms in total. The van der Waals surface area contributed by atoms with E-state index in [1.807, 2.05) is 12.1 Å². The number of furan rings is 1. The van der Waals surface area contributed by atoms with E-state index in [2.05, 4.69) is 216 Å². The molecule has 0 spiro atoms. The lowest BCUT2D eigenvalue weighted by Crippen LogP contribution is -2.10. The Bertz CT molecular complexity index is 3190. The van der Waals surface area contributed by atoms with Crippen molar-refractivity contribution in [3.63, 3.8) is 0 Å². The van der Waals surface area contributed by atoms with Crippen LogP contribution in [0.5, 0.6) is 0 Å². The molecule has 0 amide bonds. The van der Waals surface area contributed by atoms with Crippen LogP contribution in [0.3, 0.4) is 0 Å². The van der Waals surface area contributed by atoms with Gasteiger partial charge in [0.25, 0.3) is 0 Å². The van der Waals surface area contributed by atoms with Crippen molar-refractivity contribution >= 4 is 60.8 Å². The lowest BCUT2D eigenvalue weighted by molar-refractivity contribution is 0.670. The van der Waals surface area contributed by atoms with Gasteiger partial charge in [-0.1, -0.05) is 158 Å². The quantitative estimate of drug-likeness (QED) is 0.163. The maximum Gasteiger partial charge on any atom is 0.143 e. The molecular formula is C54H36N2O. The Hall–Kier alpha value is -7.62. The molecule has 0 atom stereocenters. The van der Waals surface area contributed by atoms with Crippen LogP contribution in [0.2, 0.25) is 0 Å². The summed E-state index contributed by atoms with van der Waals surface area (Å²) >= 11 is 0. The van der Waals surface area contributed by atoms with Crippen molar-refractivity contribution in [2.45, 2.75) is 0 Å². The van der Waals surface area contributed by atoms with Gasteiger partial charge >= 0.3 is 0 Å². The molecule has 0 aliphatic rings. The Morgan fingerprint density at radius 2 is 0.877 bits per heavy atom. The lowest BCUT2D eigenvalue weighted by Gasteiger charge is -2.27. The van der Waals surface area contributed by atoms with Crippen LogP contribution in [0.1, 0.15) is 0 Å². The first-order chi connectivity index (χ1) is 28.3. The molecule has 2 heterocycles. The summed E-state index contributed by atoms with van der Waals surface area (Å²) < 4.78 is 8.90. The molecule has 2 aromatic heterocycles. The summed E-state index contributed by atoms with van der Waals surface area (Å²) in [7, 11) is 0. The van der Waals surface area contributed by atoms with Gasteiger partial charge in [0, 0.05) is 49.7 Å². The summed E-state index contributed by atoms with van der Waals surface area (Å²) in [6.45, 7) is 0. The number of nitrogens with zero attached hydrogens (tertiary/aromatic N) is 2. The molecule has 0 unspecified atom stereocenters. The van der Waals surface area contributed by atoms with E-state index in [0.717, 1.165) is 66.9 Å². The fraction of sp³-hybridized carbons (Fsp3) is 0. The summed E-state index contributed by atoms with van der Waals surface area (Å²) in [4.78, 5) is 2.36. The molecule has 0 aliphatic carbocycles. The third kappa shape index (κ3) is 5.60. The van der Waals surface area contributed by atoms with Crippen molar-refractivity contribution < 1.29 is 4.42 Å². The first-order valence-corrected chi connectivity index (χ1v) is 19.4. The maximum atomic E-state index is 6.50. The van der Waals surface area contributed by atoms with E-state index in [-0.39, 0.29) is 0 Å². The van der Waals surface area contributed by atoms with E-state index in [9.17, 15) is 0 Å². The molecule has 0 bridgehead atoms. The van der Waals surface area contributed by atoms with Crippen molar-refractivity contribution in [1.82, 2.24) is 4.57 Å². The second-order valence-corrected chi connectivity index (χ2v) is 14.5. The fourth-order valence-corrected chi connectivity index (χ4v) is 8.57. The SMILES string of the molecule is c1ccc(-c2cccc(N(c3ccc(-c4ccccc4-n4c5ccccc5c5ccccc54)cc3)c3cccc(-c4cccc5c4oc4ccccc45)c3)c2)cc1. The highest BCUT2D eigenvalue weighted by atomic mass is 16.3. The van der Waals surface area contributed by atoms with Gasteiger partial charge in [-0.25, -0.2) is 0 Å². The van der Waals surface area contributed by atoms with Crippen LogP contribution in [0.4, 0.5) is 17.1 Å². The zero-order valence-corrected chi connectivity index (χ0v) is 31.1. The highest BCUT2D eigenvalue weighted by molar-refractivity contribution is 6.11.